The maximum atomic E-state index is 12.5. The summed E-state index contributed by atoms with van der Waals surface area (Å²) in [5.41, 5.74) is 0.803. The van der Waals surface area contributed by atoms with Gasteiger partial charge in [-0.3, -0.25) is 0 Å². The zero-order valence-corrected chi connectivity index (χ0v) is 25.8. The Hall–Kier alpha value is -2.05. The summed E-state index contributed by atoms with van der Waals surface area (Å²) in [5.74, 6) is 0.421. The maximum absolute atomic E-state index is 12.5. The molecule has 0 N–H and O–H groups in total. The second kappa shape index (κ2) is 19.9. The lowest BCUT2D eigenvalue weighted by atomic mass is 10.1. The molecule has 0 spiro atoms. The van der Waals surface area contributed by atoms with Crippen molar-refractivity contribution in [3.63, 3.8) is 0 Å². The van der Waals surface area contributed by atoms with Gasteiger partial charge >= 0.3 is 11.9 Å². The topological polar surface area (TPSA) is 61.8 Å². The second-order valence-electron chi connectivity index (χ2n) is 10.0. The summed E-state index contributed by atoms with van der Waals surface area (Å²) in [6, 6.07) is 13.3. The Morgan fingerprint density at radius 2 is 1.23 bits per heavy atom. The van der Waals surface area contributed by atoms with Gasteiger partial charge in [-0.15, -0.1) is 11.6 Å². The summed E-state index contributed by atoms with van der Waals surface area (Å²) in [4.78, 5) is 24.8. The predicted octanol–water partition coefficient (Wildman–Crippen LogP) is 9.39. The molecule has 0 saturated heterocycles. The molecule has 0 radical (unpaired) electrons. The summed E-state index contributed by atoms with van der Waals surface area (Å²) < 4.78 is 16.6. The molecule has 0 aliphatic carbocycles. The van der Waals surface area contributed by atoms with Crippen molar-refractivity contribution in [2.45, 2.75) is 89.9 Å². The average molecular weight is 624 g/mol. The standard InChI is InChI=1S/C32H44BrClO5/c1-3-25(2)30(34)24-38-31(35)26-16-20-29(21-17-26)39-32(36)27-14-18-28(19-15-27)37-23-13-11-9-7-5-4-6-8-10-12-22-33/h14-21,25,30H,3-13,22-24H2,1-2H3. The van der Waals surface area contributed by atoms with Crippen molar-refractivity contribution in [1.29, 1.82) is 0 Å². The van der Waals surface area contributed by atoms with E-state index in [-0.39, 0.29) is 17.9 Å². The fourth-order valence-corrected chi connectivity index (χ4v) is 4.61. The molecule has 7 heteroatoms. The van der Waals surface area contributed by atoms with Crippen LogP contribution in [-0.2, 0) is 4.74 Å². The Morgan fingerprint density at radius 3 is 1.77 bits per heavy atom. The molecule has 0 heterocycles. The summed E-state index contributed by atoms with van der Waals surface area (Å²) in [7, 11) is 0. The minimum atomic E-state index is -0.474. The van der Waals surface area contributed by atoms with E-state index in [1.807, 2.05) is 13.8 Å². The van der Waals surface area contributed by atoms with Gasteiger partial charge < -0.3 is 14.2 Å². The van der Waals surface area contributed by atoms with Crippen molar-refractivity contribution in [1.82, 2.24) is 0 Å². The van der Waals surface area contributed by atoms with Crippen LogP contribution in [0.1, 0.15) is 105 Å². The molecule has 0 aliphatic rings. The van der Waals surface area contributed by atoms with Crippen LogP contribution in [0.4, 0.5) is 0 Å². The number of unbranched alkanes of at least 4 members (excludes halogenated alkanes) is 9. The van der Waals surface area contributed by atoms with E-state index in [4.69, 9.17) is 25.8 Å². The van der Waals surface area contributed by atoms with Crippen molar-refractivity contribution >= 4 is 39.5 Å². The molecule has 39 heavy (non-hydrogen) atoms. The smallest absolute Gasteiger partial charge is 0.343 e. The van der Waals surface area contributed by atoms with Crippen molar-refractivity contribution in [3.05, 3.63) is 59.7 Å². The van der Waals surface area contributed by atoms with Gasteiger partial charge in [-0.05, 0) is 67.3 Å². The summed E-state index contributed by atoms with van der Waals surface area (Å²) in [6.07, 6.45) is 13.7. The van der Waals surface area contributed by atoms with E-state index in [2.05, 4.69) is 15.9 Å². The van der Waals surface area contributed by atoms with Crippen LogP contribution >= 0.6 is 27.5 Å². The molecule has 0 bridgehead atoms. The summed E-state index contributed by atoms with van der Waals surface area (Å²) in [6.45, 7) is 4.90. The highest BCUT2D eigenvalue weighted by Crippen LogP contribution is 2.19. The number of carbonyl (C=O) groups is 2. The molecule has 0 aromatic heterocycles. The number of hydrogen-bond acceptors (Lipinski definition) is 5. The van der Waals surface area contributed by atoms with Crippen LogP contribution in [0.15, 0.2) is 48.5 Å². The third-order valence-corrected chi connectivity index (χ3v) is 7.94. The molecule has 0 fully saturated rings. The lowest BCUT2D eigenvalue weighted by Gasteiger charge is -2.16. The maximum Gasteiger partial charge on any atom is 0.343 e. The number of ether oxygens (including phenoxy) is 3. The molecule has 0 amide bonds. The first-order chi connectivity index (χ1) is 18.9. The zero-order valence-electron chi connectivity index (χ0n) is 23.5. The van der Waals surface area contributed by atoms with Crippen molar-refractivity contribution in [2.24, 2.45) is 5.92 Å². The van der Waals surface area contributed by atoms with E-state index in [0.29, 0.717) is 23.5 Å². The van der Waals surface area contributed by atoms with Gasteiger partial charge in [0.15, 0.2) is 0 Å². The van der Waals surface area contributed by atoms with Crippen LogP contribution in [0, 0.1) is 5.92 Å². The molecule has 0 saturated carbocycles. The van der Waals surface area contributed by atoms with E-state index in [1.54, 1.807) is 48.5 Å². The van der Waals surface area contributed by atoms with E-state index >= 15 is 0 Å². The minimum absolute atomic E-state index is 0.157. The van der Waals surface area contributed by atoms with Gasteiger partial charge in [0.05, 0.1) is 23.1 Å². The van der Waals surface area contributed by atoms with E-state index in [1.165, 1.54) is 57.8 Å². The molecule has 5 nitrogen and oxygen atoms in total. The molecule has 216 valence electrons. The number of rotatable bonds is 20. The van der Waals surface area contributed by atoms with Crippen molar-refractivity contribution in [2.75, 3.05) is 18.5 Å². The van der Waals surface area contributed by atoms with Crippen LogP contribution in [0.25, 0.3) is 0 Å². The number of alkyl halides is 2. The highest BCUT2D eigenvalue weighted by molar-refractivity contribution is 9.09. The third kappa shape index (κ3) is 13.7. The minimum Gasteiger partial charge on any atom is -0.494 e. The lowest BCUT2D eigenvalue weighted by Crippen LogP contribution is -2.20. The Labute approximate surface area is 248 Å². The van der Waals surface area contributed by atoms with Gasteiger partial charge in [-0.2, -0.15) is 0 Å². The predicted molar refractivity (Wildman–Crippen MR) is 163 cm³/mol. The van der Waals surface area contributed by atoms with Crippen LogP contribution < -0.4 is 9.47 Å². The first kappa shape index (κ1) is 33.2. The van der Waals surface area contributed by atoms with Gasteiger partial charge in [-0.1, -0.05) is 87.6 Å². The van der Waals surface area contributed by atoms with E-state index in [0.717, 1.165) is 23.9 Å². The Bertz CT molecular complexity index is 948. The van der Waals surface area contributed by atoms with Crippen molar-refractivity contribution in [3.8, 4) is 11.5 Å². The van der Waals surface area contributed by atoms with E-state index in [9.17, 15) is 9.59 Å². The fraction of sp³-hybridized carbons (Fsp3) is 0.562. The first-order valence-corrected chi connectivity index (χ1v) is 15.9. The van der Waals surface area contributed by atoms with Crippen molar-refractivity contribution < 1.29 is 23.8 Å². The quantitative estimate of drug-likeness (QED) is 0.0636. The molecule has 2 aromatic rings. The van der Waals surface area contributed by atoms with E-state index < -0.39 is 11.9 Å². The largest absolute Gasteiger partial charge is 0.494 e. The number of hydrogen-bond donors (Lipinski definition) is 0. The monoisotopic (exact) mass is 622 g/mol. The Morgan fingerprint density at radius 1 is 0.744 bits per heavy atom. The number of halogens is 2. The van der Waals surface area contributed by atoms with Gasteiger partial charge in [0.2, 0.25) is 0 Å². The molecule has 2 unspecified atom stereocenters. The average Bonchev–Trinajstić information content (AvgIpc) is 2.96. The molecular formula is C32H44BrClO5. The highest BCUT2D eigenvalue weighted by atomic mass is 79.9. The molecular weight excluding hydrogens is 580 g/mol. The molecule has 2 atom stereocenters. The molecule has 2 rings (SSSR count). The van der Waals surface area contributed by atoms with Crippen LogP contribution in [0.3, 0.4) is 0 Å². The first-order valence-electron chi connectivity index (χ1n) is 14.4. The number of carbonyl (C=O) groups excluding carboxylic acids is 2. The fourth-order valence-electron chi connectivity index (χ4n) is 3.97. The highest BCUT2D eigenvalue weighted by Gasteiger charge is 2.16. The van der Waals surface area contributed by atoms with Gasteiger partial charge in [0, 0.05) is 5.33 Å². The van der Waals surface area contributed by atoms with Gasteiger partial charge in [0.1, 0.15) is 18.1 Å². The molecule has 2 aromatic carbocycles. The normalized spacial score (nSPS) is 12.5. The lowest BCUT2D eigenvalue weighted by molar-refractivity contribution is 0.0489. The van der Waals surface area contributed by atoms with Crippen LogP contribution in [0.2, 0.25) is 0 Å². The molecule has 0 aliphatic heterocycles. The second-order valence-corrected chi connectivity index (χ2v) is 11.4. The zero-order chi connectivity index (χ0) is 28.3. The Balaban J connectivity index is 1.63. The summed E-state index contributed by atoms with van der Waals surface area (Å²) >= 11 is 9.72. The van der Waals surface area contributed by atoms with Crippen LogP contribution in [-0.4, -0.2) is 35.9 Å². The third-order valence-electron chi connectivity index (χ3n) is 6.82. The SMILES string of the molecule is CCC(C)C(Cl)COC(=O)c1ccc(OC(=O)c2ccc(OCCCCCCCCCCCCBr)cc2)cc1. The Kier molecular flexibility index (Phi) is 16.9. The number of benzene rings is 2. The summed E-state index contributed by atoms with van der Waals surface area (Å²) in [5, 5.41) is 0.900. The van der Waals surface area contributed by atoms with Gasteiger partial charge in [-0.25, -0.2) is 9.59 Å². The number of esters is 2. The van der Waals surface area contributed by atoms with Gasteiger partial charge in [0.25, 0.3) is 0 Å². The van der Waals surface area contributed by atoms with Crippen LogP contribution in [0.5, 0.6) is 11.5 Å².